The van der Waals surface area contributed by atoms with E-state index in [1.165, 1.54) is 43.2 Å². The highest BCUT2D eigenvalue weighted by molar-refractivity contribution is 5.97. The summed E-state index contributed by atoms with van der Waals surface area (Å²) in [7, 11) is 0. The summed E-state index contributed by atoms with van der Waals surface area (Å²) in [6, 6.07) is 14.0. The van der Waals surface area contributed by atoms with E-state index in [0.29, 0.717) is 43.5 Å². The summed E-state index contributed by atoms with van der Waals surface area (Å²) in [6.07, 6.45) is 6.79. The number of ether oxygens (including phenoxy) is 2. The van der Waals surface area contributed by atoms with E-state index in [9.17, 15) is 9.90 Å². The Labute approximate surface area is 202 Å². The maximum absolute atomic E-state index is 13.2. The van der Waals surface area contributed by atoms with Crippen LogP contribution in [-0.4, -0.2) is 66.3 Å². The van der Waals surface area contributed by atoms with Crippen molar-refractivity contribution in [2.45, 2.75) is 51.2 Å². The Morgan fingerprint density at radius 2 is 1.85 bits per heavy atom. The largest absolute Gasteiger partial charge is 0.493 e. The molecule has 0 unspecified atom stereocenters. The normalized spacial score (nSPS) is 20.1. The molecule has 6 nitrogen and oxygen atoms in total. The minimum atomic E-state index is -0.603. The molecule has 0 bridgehead atoms. The van der Waals surface area contributed by atoms with Gasteiger partial charge in [-0.3, -0.25) is 9.69 Å². The second-order valence-corrected chi connectivity index (χ2v) is 9.98. The summed E-state index contributed by atoms with van der Waals surface area (Å²) in [6.45, 7) is 4.24. The molecule has 1 aliphatic carbocycles. The molecule has 0 aromatic heterocycles. The molecule has 2 heterocycles. The molecule has 1 N–H and O–H groups in total. The van der Waals surface area contributed by atoms with Crippen LogP contribution in [0.1, 0.15) is 53.6 Å². The monoisotopic (exact) mass is 464 g/mol. The number of rotatable bonds is 7. The van der Waals surface area contributed by atoms with E-state index < -0.39 is 6.10 Å². The van der Waals surface area contributed by atoms with E-state index in [0.717, 1.165) is 31.9 Å². The van der Waals surface area contributed by atoms with Crippen molar-refractivity contribution >= 4 is 5.91 Å². The quantitative estimate of drug-likeness (QED) is 0.674. The number of benzene rings is 2. The van der Waals surface area contributed by atoms with Gasteiger partial charge in [0.05, 0.1) is 24.8 Å². The first-order valence-corrected chi connectivity index (χ1v) is 12.8. The standard InChI is InChI=1S/C28H36N2O4/c31-24(18-29-13-12-22-8-4-5-9-23(22)17-29)19-30-14-15-33-27-16-25(10-11-26(27)28(30)32)34-20-21-6-2-1-3-7-21/h4-5,8-11,16,21,24,31H,1-3,6-7,12-15,17-20H2/t24-/m1/s1. The molecule has 2 aromatic rings. The molecule has 0 saturated heterocycles. The van der Waals surface area contributed by atoms with Gasteiger partial charge in [-0.25, -0.2) is 0 Å². The zero-order valence-corrected chi connectivity index (χ0v) is 20.0. The zero-order chi connectivity index (χ0) is 23.3. The van der Waals surface area contributed by atoms with E-state index in [1.807, 2.05) is 12.1 Å². The molecule has 182 valence electrons. The molecule has 0 radical (unpaired) electrons. The van der Waals surface area contributed by atoms with Crippen molar-refractivity contribution in [1.82, 2.24) is 9.80 Å². The number of amides is 1. The lowest BCUT2D eigenvalue weighted by molar-refractivity contribution is 0.0501. The molecule has 1 atom stereocenters. The molecule has 0 spiro atoms. The number of aliphatic hydroxyl groups is 1. The van der Waals surface area contributed by atoms with E-state index in [4.69, 9.17) is 9.47 Å². The number of carbonyl (C=O) groups is 1. The SMILES string of the molecule is O=C1c2ccc(OCC3CCCCC3)cc2OCCN1C[C@H](O)CN1CCc2ccccc2C1. The Kier molecular flexibility index (Phi) is 7.36. The van der Waals surface area contributed by atoms with Crippen LogP contribution in [0.15, 0.2) is 42.5 Å². The van der Waals surface area contributed by atoms with Gasteiger partial charge in [0.1, 0.15) is 18.1 Å². The van der Waals surface area contributed by atoms with Gasteiger partial charge in [-0.15, -0.1) is 0 Å². The first kappa shape index (κ1) is 23.2. The van der Waals surface area contributed by atoms with Crippen LogP contribution in [0, 0.1) is 5.92 Å². The number of β-amino-alcohol motifs (C(OH)–C–C–N with tert-alkyl or cyclic N) is 1. The van der Waals surface area contributed by atoms with Gasteiger partial charge in [0, 0.05) is 32.2 Å². The summed E-state index contributed by atoms with van der Waals surface area (Å²) >= 11 is 0. The third-order valence-corrected chi connectivity index (χ3v) is 7.41. The number of nitrogens with zero attached hydrogens (tertiary/aromatic N) is 2. The maximum Gasteiger partial charge on any atom is 0.257 e. The van der Waals surface area contributed by atoms with Crippen LogP contribution in [0.2, 0.25) is 0 Å². The van der Waals surface area contributed by atoms with Crippen LogP contribution in [0.5, 0.6) is 11.5 Å². The molecular weight excluding hydrogens is 428 g/mol. The number of fused-ring (bicyclic) bond motifs is 2. The Bertz CT molecular complexity index is 988. The predicted octanol–water partition coefficient (Wildman–Crippen LogP) is 3.90. The number of carbonyl (C=O) groups excluding carboxylic acids is 1. The molecule has 5 rings (SSSR count). The Hall–Kier alpha value is -2.57. The third kappa shape index (κ3) is 5.56. The molecule has 1 fully saturated rings. The summed E-state index contributed by atoms with van der Waals surface area (Å²) in [4.78, 5) is 17.2. The highest BCUT2D eigenvalue weighted by Gasteiger charge is 2.27. The van der Waals surface area contributed by atoms with E-state index in [-0.39, 0.29) is 5.91 Å². The third-order valence-electron chi connectivity index (χ3n) is 7.41. The zero-order valence-electron chi connectivity index (χ0n) is 20.0. The summed E-state index contributed by atoms with van der Waals surface area (Å²) in [5.74, 6) is 1.88. The summed E-state index contributed by atoms with van der Waals surface area (Å²) in [5, 5.41) is 10.8. The fourth-order valence-electron chi connectivity index (χ4n) is 5.49. The van der Waals surface area contributed by atoms with Crippen molar-refractivity contribution in [2.24, 2.45) is 5.92 Å². The number of aliphatic hydroxyl groups excluding tert-OH is 1. The molecular formula is C28H36N2O4. The Morgan fingerprint density at radius 3 is 2.71 bits per heavy atom. The van der Waals surface area contributed by atoms with E-state index in [1.54, 1.807) is 11.0 Å². The first-order valence-electron chi connectivity index (χ1n) is 12.8. The van der Waals surface area contributed by atoms with Crippen LogP contribution < -0.4 is 9.47 Å². The van der Waals surface area contributed by atoms with Gasteiger partial charge >= 0.3 is 0 Å². The lowest BCUT2D eigenvalue weighted by atomic mass is 9.90. The number of hydrogen-bond acceptors (Lipinski definition) is 5. The van der Waals surface area contributed by atoms with Gasteiger partial charge in [0.2, 0.25) is 0 Å². The molecule has 1 amide bonds. The highest BCUT2D eigenvalue weighted by atomic mass is 16.5. The topological polar surface area (TPSA) is 62.2 Å². The van der Waals surface area contributed by atoms with Crippen molar-refractivity contribution in [1.29, 1.82) is 0 Å². The fraction of sp³-hybridized carbons (Fsp3) is 0.536. The smallest absolute Gasteiger partial charge is 0.257 e. The molecule has 34 heavy (non-hydrogen) atoms. The van der Waals surface area contributed by atoms with Crippen LogP contribution >= 0.6 is 0 Å². The van der Waals surface area contributed by atoms with Crippen LogP contribution in [-0.2, 0) is 13.0 Å². The fourth-order valence-corrected chi connectivity index (χ4v) is 5.49. The molecule has 6 heteroatoms. The van der Waals surface area contributed by atoms with E-state index >= 15 is 0 Å². The van der Waals surface area contributed by atoms with Crippen molar-refractivity contribution in [3.05, 3.63) is 59.2 Å². The lowest BCUT2D eigenvalue weighted by Crippen LogP contribution is -2.44. The summed E-state index contributed by atoms with van der Waals surface area (Å²) < 4.78 is 12.0. The van der Waals surface area contributed by atoms with Crippen molar-refractivity contribution < 1.29 is 19.4 Å². The minimum absolute atomic E-state index is 0.0885. The second-order valence-electron chi connectivity index (χ2n) is 9.98. The summed E-state index contributed by atoms with van der Waals surface area (Å²) in [5.41, 5.74) is 3.27. The lowest BCUT2D eigenvalue weighted by Gasteiger charge is -2.32. The van der Waals surface area contributed by atoms with Crippen LogP contribution in [0.4, 0.5) is 0 Å². The minimum Gasteiger partial charge on any atom is -0.493 e. The van der Waals surface area contributed by atoms with Gasteiger partial charge in [0.15, 0.2) is 0 Å². The maximum atomic E-state index is 13.2. The van der Waals surface area contributed by atoms with Crippen LogP contribution in [0.25, 0.3) is 0 Å². The van der Waals surface area contributed by atoms with Crippen molar-refractivity contribution in [3.63, 3.8) is 0 Å². The predicted molar refractivity (Wildman–Crippen MR) is 131 cm³/mol. The highest BCUT2D eigenvalue weighted by Crippen LogP contribution is 2.30. The van der Waals surface area contributed by atoms with Crippen molar-refractivity contribution in [3.8, 4) is 11.5 Å². The average Bonchev–Trinajstić information content (AvgIpc) is 3.01. The van der Waals surface area contributed by atoms with Gasteiger partial charge in [-0.1, -0.05) is 43.5 Å². The number of hydrogen-bond donors (Lipinski definition) is 1. The van der Waals surface area contributed by atoms with E-state index in [2.05, 4.69) is 29.2 Å². The molecule has 3 aliphatic rings. The van der Waals surface area contributed by atoms with Gasteiger partial charge in [0.25, 0.3) is 5.91 Å². The Morgan fingerprint density at radius 1 is 1.03 bits per heavy atom. The van der Waals surface area contributed by atoms with Crippen molar-refractivity contribution in [2.75, 3.05) is 39.4 Å². The Balaban J connectivity index is 1.17. The van der Waals surface area contributed by atoms with Gasteiger partial charge in [-0.05, 0) is 48.4 Å². The average molecular weight is 465 g/mol. The molecule has 1 saturated carbocycles. The molecule has 2 aromatic carbocycles. The second kappa shape index (κ2) is 10.8. The van der Waals surface area contributed by atoms with Crippen LogP contribution in [0.3, 0.4) is 0 Å². The van der Waals surface area contributed by atoms with Gasteiger partial charge in [-0.2, -0.15) is 0 Å². The molecule has 2 aliphatic heterocycles. The first-order chi connectivity index (χ1) is 16.7. The van der Waals surface area contributed by atoms with Gasteiger partial charge < -0.3 is 19.5 Å².